The molecule has 109 valence electrons. The summed E-state index contributed by atoms with van der Waals surface area (Å²) in [5.41, 5.74) is 1.56. The zero-order valence-corrected chi connectivity index (χ0v) is 15.3. The van der Waals surface area contributed by atoms with E-state index in [0.717, 1.165) is 29.2 Å². The zero-order valence-electron chi connectivity index (χ0n) is 12.7. The molecule has 0 bridgehead atoms. The van der Waals surface area contributed by atoms with Crippen LogP contribution in [0.5, 0.6) is 11.5 Å². The number of fused-ring (bicyclic) bond motifs is 2. The van der Waals surface area contributed by atoms with Gasteiger partial charge in [-0.05, 0) is 45.9 Å². The van der Waals surface area contributed by atoms with E-state index in [4.69, 9.17) is 9.47 Å². The van der Waals surface area contributed by atoms with Crippen molar-refractivity contribution in [1.82, 2.24) is 0 Å². The topological polar surface area (TPSA) is 18.5 Å². The fourth-order valence-electron chi connectivity index (χ4n) is 2.53. The summed E-state index contributed by atoms with van der Waals surface area (Å²) in [6, 6.07) is 4.15. The zero-order chi connectivity index (χ0) is 14.5. The first kappa shape index (κ1) is 14.5. The maximum Gasteiger partial charge on any atom is 0.141 e. The first-order chi connectivity index (χ1) is 9.36. The van der Waals surface area contributed by atoms with Crippen molar-refractivity contribution < 1.29 is 9.47 Å². The van der Waals surface area contributed by atoms with Gasteiger partial charge in [-0.15, -0.1) is 0 Å². The standard InChI is InChI=1S/C16H22BrO2Si/c1-15(2,20(3)4)9-18-12-6-5-11(17)14-13(12)16(7-8-16)10-19-14/h5-6H,7-10H2,1-4H3. The van der Waals surface area contributed by atoms with Crippen LogP contribution < -0.4 is 9.47 Å². The van der Waals surface area contributed by atoms with Crippen LogP contribution in [0.2, 0.25) is 18.1 Å². The predicted molar refractivity (Wildman–Crippen MR) is 87.6 cm³/mol. The van der Waals surface area contributed by atoms with Gasteiger partial charge in [-0.3, -0.25) is 0 Å². The quantitative estimate of drug-likeness (QED) is 0.724. The number of rotatable bonds is 4. The van der Waals surface area contributed by atoms with Crippen molar-refractivity contribution in [3.63, 3.8) is 0 Å². The summed E-state index contributed by atoms with van der Waals surface area (Å²) >= 11 is 3.60. The molecule has 20 heavy (non-hydrogen) atoms. The molecule has 1 aromatic carbocycles. The number of halogens is 1. The van der Waals surface area contributed by atoms with Gasteiger partial charge in [0.05, 0.1) is 26.5 Å². The SMILES string of the molecule is C[Si](C)C(C)(C)COc1ccc(Br)c2c1C1(CC1)CO2. The van der Waals surface area contributed by atoms with Crippen LogP contribution in [-0.4, -0.2) is 22.0 Å². The lowest BCUT2D eigenvalue weighted by Gasteiger charge is -2.28. The van der Waals surface area contributed by atoms with E-state index in [-0.39, 0.29) is 19.2 Å². The van der Waals surface area contributed by atoms with E-state index in [1.807, 2.05) is 6.07 Å². The Labute approximate surface area is 131 Å². The third-order valence-electron chi connectivity index (χ3n) is 4.89. The molecule has 1 saturated carbocycles. The Morgan fingerprint density at radius 1 is 1.35 bits per heavy atom. The molecule has 3 rings (SSSR count). The minimum absolute atomic E-state index is 0.255. The van der Waals surface area contributed by atoms with Crippen LogP contribution in [0.1, 0.15) is 32.3 Å². The average Bonchev–Trinajstić information content (AvgIpc) is 3.05. The maximum absolute atomic E-state index is 6.23. The predicted octanol–water partition coefficient (Wildman–Crippen LogP) is 4.79. The van der Waals surface area contributed by atoms with Crippen molar-refractivity contribution in [1.29, 1.82) is 0 Å². The largest absolute Gasteiger partial charge is 0.493 e. The fourth-order valence-corrected chi connectivity index (χ4v) is 3.34. The van der Waals surface area contributed by atoms with Crippen LogP contribution in [0, 0.1) is 0 Å². The Morgan fingerprint density at radius 3 is 2.65 bits per heavy atom. The van der Waals surface area contributed by atoms with Crippen molar-refractivity contribution in [2.45, 2.75) is 50.2 Å². The average molecular weight is 354 g/mol. The molecule has 0 unspecified atom stereocenters. The fraction of sp³-hybridized carbons (Fsp3) is 0.625. The molecular formula is C16H22BrO2Si. The molecule has 0 saturated heterocycles. The van der Waals surface area contributed by atoms with Gasteiger partial charge in [0, 0.05) is 11.0 Å². The number of hydrogen-bond acceptors (Lipinski definition) is 2. The maximum atomic E-state index is 6.23. The third-order valence-corrected chi connectivity index (χ3v) is 8.37. The summed E-state index contributed by atoms with van der Waals surface area (Å²) in [4.78, 5) is 0. The van der Waals surface area contributed by atoms with Crippen LogP contribution >= 0.6 is 15.9 Å². The summed E-state index contributed by atoms with van der Waals surface area (Å²) in [5, 5.41) is 0.279. The Bertz CT molecular complexity index is 536. The summed E-state index contributed by atoms with van der Waals surface area (Å²) < 4.78 is 13.2. The van der Waals surface area contributed by atoms with E-state index >= 15 is 0 Å². The van der Waals surface area contributed by atoms with Gasteiger partial charge in [-0.1, -0.05) is 26.9 Å². The summed E-state index contributed by atoms with van der Waals surface area (Å²) in [6.45, 7) is 10.9. The summed E-state index contributed by atoms with van der Waals surface area (Å²) in [7, 11) is -0.380. The van der Waals surface area contributed by atoms with E-state index < -0.39 is 0 Å². The molecule has 0 amide bonds. The second-order valence-corrected chi connectivity index (χ2v) is 11.2. The van der Waals surface area contributed by atoms with E-state index in [1.165, 1.54) is 18.4 Å². The van der Waals surface area contributed by atoms with Crippen LogP contribution in [0.15, 0.2) is 16.6 Å². The summed E-state index contributed by atoms with van der Waals surface area (Å²) in [5.74, 6) is 2.05. The van der Waals surface area contributed by atoms with E-state index in [2.05, 4.69) is 48.9 Å². The van der Waals surface area contributed by atoms with Crippen LogP contribution in [0.4, 0.5) is 0 Å². The van der Waals surface area contributed by atoms with Crippen molar-refractivity contribution in [2.24, 2.45) is 0 Å². The number of benzene rings is 1. The number of hydrogen-bond donors (Lipinski definition) is 0. The van der Waals surface area contributed by atoms with Gasteiger partial charge < -0.3 is 9.47 Å². The van der Waals surface area contributed by atoms with Crippen LogP contribution in [-0.2, 0) is 5.41 Å². The van der Waals surface area contributed by atoms with Gasteiger partial charge in [-0.2, -0.15) is 0 Å². The molecule has 1 radical (unpaired) electrons. The lowest BCUT2D eigenvalue weighted by molar-refractivity contribution is 0.272. The Balaban J connectivity index is 1.87. The molecule has 1 aliphatic heterocycles. The van der Waals surface area contributed by atoms with E-state index in [0.29, 0.717) is 0 Å². The molecule has 4 heteroatoms. The molecule has 2 aliphatic rings. The highest BCUT2D eigenvalue weighted by molar-refractivity contribution is 9.10. The molecule has 1 aromatic rings. The molecule has 0 atom stereocenters. The highest BCUT2D eigenvalue weighted by Crippen LogP contribution is 2.60. The first-order valence-corrected chi connectivity index (χ1v) is 10.5. The lowest BCUT2D eigenvalue weighted by atomic mass is 9.97. The minimum Gasteiger partial charge on any atom is -0.493 e. The van der Waals surface area contributed by atoms with Crippen LogP contribution in [0.3, 0.4) is 0 Å². The normalized spacial score (nSPS) is 19.1. The highest BCUT2D eigenvalue weighted by Gasteiger charge is 2.53. The van der Waals surface area contributed by atoms with Gasteiger partial charge >= 0.3 is 0 Å². The first-order valence-electron chi connectivity index (χ1n) is 7.25. The smallest absolute Gasteiger partial charge is 0.141 e. The minimum atomic E-state index is -0.380. The van der Waals surface area contributed by atoms with Gasteiger partial charge in [0.25, 0.3) is 0 Å². The Hall–Kier alpha value is -0.483. The van der Waals surface area contributed by atoms with Gasteiger partial charge in [-0.25, -0.2) is 0 Å². The lowest BCUT2D eigenvalue weighted by Crippen LogP contribution is -2.28. The molecule has 1 aliphatic carbocycles. The van der Waals surface area contributed by atoms with Crippen molar-refractivity contribution in [3.05, 3.63) is 22.2 Å². The van der Waals surface area contributed by atoms with Crippen molar-refractivity contribution in [2.75, 3.05) is 13.2 Å². The molecule has 1 heterocycles. The van der Waals surface area contributed by atoms with Crippen LogP contribution in [0.25, 0.3) is 0 Å². The molecule has 0 N–H and O–H groups in total. The highest BCUT2D eigenvalue weighted by atomic mass is 79.9. The van der Waals surface area contributed by atoms with Gasteiger partial charge in [0.1, 0.15) is 11.5 Å². The molecular weight excluding hydrogens is 332 g/mol. The van der Waals surface area contributed by atoms with Gasteiger partial charge in [0.2, 0.25) is 0 Å². The van der Waals surface area contributed by atoms with E-state index in [9.17, 15) is 0 Å². The second-order valence-electron chi connectivity index (χ2n) is 6.99. The molecule has 2 nitrogen and oxygen atoms in total. The molecule has 0 aromatic heterocycles. The van der Waals surface area contributed by atoms with Gasteiger partial charge in [0.15, 0.2) is 0 Å². The second kappa shape index (κ2) is 4.77. The Kier molecular flexibility index (Phi) is 3.45. The van der Waals surface area contributed by atoms with Crippen molar-refractivity contribution in [3.8, 4) is 11.5 Å². The van der Waals surface area contributed by atoms with E-state index in [1.54, 1.807) is 0 Å². The third kappa shape index (κ3) is 2.31. The monoisotopic (exact) mass is 353 g/mol. The Morgan fingerprint density at radius 2 is 2.05 bits per heavy atom. The molecule has 1 fully saturated rings. The molecule has 1 spiro atoms. The summed E-state index contributed by atoms with van der Waals surface area (Å²) in [6.07, 6.45) is 2.46. The van der Waals surface area contributed by atoms with Crippen molar-refractivity contribution >= 4 is 24.7 Å². The number of ether oxygens (including phenoxy) is 2.